The predicted molar refractivity (Wildman–Crippen MR) is 87.2 cm³/mol. The molecule has 2 aromatic rings. The molecule has 0 radical (unpaired) electrons. The van der Waals surface area contributed by atoms with E-state index >= 15 is 0 Å². The van der Waals surface area contributed by atoms with Gasteiger partial charge in [0.15, 0.2) is 0 Å². The van der Waals surface area contributed by atoms with Gasteiger partial charge in [0.05, 0.1) is 10.7 Å². The predicted octanol–water partition coefficient (Wildman–Crippen LogP) is 4.95. The molecule has 108 valence electrons. The quantitative estimate of drug-likeness (QED) is 0.813. The average Bonchev–Trinajstić information content (AvgIpc) is 2.78. The molecular weight excluding hydrogens is 264 g/mol. The van der Waals surface area contributed by atoms with Crippen molar-refractivity contribution < 1.29 is 0 Å². The van der Waals surface area contributed by atoms with E-state index < -0.39 is 0 Å². The fourth-order valence-electron chi connectivity index (χ4n) is 2.65. The number of benzene rings is 1. The van der Waals surface area contributed by atoms with Gasteiger partial charge in [0.1, 0.15) is 0 Å². The molecule has 0 bridgehead atoms. The summed E-state index contributed by atoms with van der Waals surface area (Å²) in [5.41, 5.74) is 2.57. The van der Waals surface area contributed by atoms with E-state index in [2.05, 4.69) is 68.3 Å². The minimum atomic E-state index is 0.289. The van der Waals surface area contributed by atoms with Crippen LogP contribution in [0.2, 0.25) is 0 Å². The molecule has 1 N–H and O–H groups in total. The summed E-state index contributed by atoms with van der Waals surface area (Å²) in [6, 6.07) is 11.4. The molecule has 1 heterocycles. The van der Waals surface area contributed by atoms with E-state index in [1.807, 2.05) is 0 Å². The summed E-state index contributed by atoms with van der Waals surface area (Å²) in [7, 11) is 0. The van der Waals surface area contributed by atoms with Crippen LogP contribution in [0.1, 0.15) is 59.9 Å². The normalized spacial score (nSPS) is 14.2. The molecule has 0 aliphatic carbocycles. The molecule has 20 heavy (non-hydrogen) atoms. The van der Waals surface area contributed by atoms with Crippen molar-refractivity contribution in [1.29, 1.82) is 0 Å². The van der Waals surface area contributed by atoms with Crippen LogP contribution in [0, 0.1) is 13.8 Å². The van der Waals surface area contributed by atoms with Gasteiger partial charge in [-0.3, -0.25) is 0 Å². The van der Waals surface area contributed by atoms with Gasteiger partial charge >= 0.3 is 0 Å². The number of aromatic nitrogens is 1. The van der Waals surface area contributed by atoms with E-state index in [4.69, 9.17) is 0 Å². The van der Waals surface area contributed by atoms with E-state index in [1.165, 1.54) is 22.6 Å². The highest BCUT2D eigenvalue weighted by Gasteiger charge is 2.18. The van der Waals surface area contributed by atoms with Crippen LogP contribution < -0.4 is 5.32 Å². The Hall–Kier alpha value is -1.19. The van der Waals surface area contributed by atoms with Gasteiger partial charge in [-0.25, -0.2) is 4.98 Å². The molecule has 1 aromatic heterocycles. The molecule has 2 rings (SSSR count). The van der Waals surface area contributed by atoms with Gasteiger partial charge in [0.25, 0.3) is 0 Å². The number of thiazole rings is 1. The Kier molecular flexibility index (Phi) is 5.32. The third kappa shape index (κ3) is 3.68. The third-order valence-corrected chi connectivity index (χ3v) is 4.48. The third-order valence-electron chi connectivity index (χ3n) is 3.58. The lowest BCUT2D eigenvalue weighted by molar-refractivity contribution is 0.434. The van der Waals surface area contributed by atoms with Crippen molar-refractivity contribution >= 4 is 11.3 Å². The van der Waals surface area contributed by atoms with Crippen LogP contribution in [0.4, 0.5) is 0 Å². The zero-order valence-electron chi connectivity index (χ0n) is 12.8. The van der Waals surface area contributed by atoms with E-state index in [1.54, 1.807) is 11.3 Å². The van der Waals surface area contributed by atoms with E-state index in [0.717, 1.165) is 11.4 Å². The van der Waals surface area contributed by atoms with Crippen LogP contribution in [0.5, 0.6) is 0 Å². The van der Waals surface area contributed by atoms with Crippen molar-refractivity contribution in [3.05, 3.63) is 51.5 Å². The van der Waals surface area contributed by atoms with Crippen LogP contribution in [0.15, 0.2) is 30.3 Å². The van der Waals surface area contributed by atoms with Gasteiger partial charge in [-0.05, 0) is 32.8 Å². The molecule has 2 unspecified atom stereocenters. The second kappa shape index (κ2) is 7.00. The monoisotopic (exact) mass is 288 g/mol. The first-order valence-electron chi connectivity index (χ1n) is 7.36. The number of aryl methyl sites for hydroxylation is 2. The highest BCUT2D eigenvalue weighted by atomic mass is 32.1. The first-order valence-corrected chi connectivity index (χ1v) is 8.18. The summed E-state index contributed by atoms with van der Waals surface area (Å²) >= 11 is 1.78. The molecule has 0 amide bonds. The fraction of sp³-hybridized carbons (Fsp3) is 0.471. The van der Waals surface area contributed by atoms with E-state index in [0.29, 0.717) is 6.04 Å². The molecule has 2 atom stereocenters. The summed E-state index contributed by atoms with van der Waals surface area (Å²) in [6.45, 7) is 8.69. The molecular formula is C17H24N2S. The number of nitrogens with zero attached hydrogens (tertiary/aromatic N) is 1. The van der Waals surface area contributed by atoms with E-state index in [9.17, 15) is 0 Å². The second-order valence-corrected chi connectivity index (χ2v) is 6.72. The summed E-state index contributed by atoms with van der Waals surface area (Å²) in [6.07, 6.45) is 2.32. The number of nitrogens with one attached hydrogen (secondary N) is 1. The van der Waals surface area contributed by atoms with Gasteiger partial charge in [-0.2, -0.15) is 0 Å². The Morgan fingerprint density at radius 3 is 2.45 bits per heavy atom. The van der Waals surface area contributed by atoms with Gasteiger partial charge in [-0.1, -0.05) is 43.7 Å². The van der Waals surface area contributed by atoms with Gasteiger partial charge < -0.3 is 5.32 Å². The number of hydrogen-bond donors (Lipinski definition) is 1. The Bertz CT molecular complexity index is 533. The van der Waals surface area contributed by atoms with Gasteiger partial charge in [0, 0.05) is 17.0 Å². The van der Waals surface area contributed by atoms with Crippen LogP contribution in [0.25, 0.3) is 0 Å². The van der Waals surface area contributed by atoms with Crippen LogP contribution in [0.3, 0.4) is 0 Å². The highest BCUT2D eigenvalue weighted by Crippen LogP contribution is 2.27. The molecule has 0 spiro atoms. The molecule has 0 fully saturated rings. The van der Waals surface area contributed by atoms with E-state index in [-0.39, 0.29) is 6.04 Å². The average molecular weight is 288 g/mol. The molecule has 1 aromatic carbocycles. The number of rotatable bonds is 6. The Morgan fingerprint density at radius 1 is 1.20 bits per heavy atom. The molecule has 0 saturated heterocycles. The molecule has 3 heteroatoms. The maximum absolute atomic E-state index is 4.67. The smallest absolute Gasteiger partial charge is 0.0900 e. The van der Waals surface area contributed by atoms with Crippen molar-refractivity contribution in [2.45, 2.75) is 52.6 Å². The van der Waals surface area contributed by atoms with Crippen LogP contribution in [-0.2, 0) is 0 Å². The standard InChI is InChI=1S/C17H24N2S/c1-5-9-16(15-10-7-6-8-11-15)18-12(2)17-13(3)20-14(4)19-17/h6-8,10-12,16,18H,5,9H2,1-4H3. The van der Waals surface area contributed by atoms with Gasteiger partial charge in [-0.15, -0.1) is 11.3 Å². The summed E-state index contributed by atoms with van der Waals surface area (Å²) < 4.78 is 0. The van der Waals surface area contributed by atoms with Crippen molar-refractivity contribution in [1.82, 2.24) is 10.3 Å². The Morgan fingerprint density at radius 2 is 1.90 bits per heavy atom. The molecule has 0 saturated carbocycles. The maximum atomic E-state index is 4.67. The van der Waals surface area contributed by atoms with Gasteiger partial charge in [0.2, 0.25) is 0 Å². The van der Waals surface area contributed by atoms with Crippen molar-refractivity contribution in [3.63, 3.8) is 0 Å². The minimum absolute atomic E-state index is 0.289. The molecule has 2 nitrogen and oxygen atoms in total. The molecule has 0 aliphatic rings. The summed E-state index contributed by atoms with van der Waals surface area (Å²) in [4.78, 5) is 6.00. The lowest BCUT2D eigenvalue weighted by Crippen LogP contribution is -2.25. The minimum Gasteiger partial charge on any atom is -0.302 e. The zero-order chi connectivity index (χ0) is 14.5. The molecule has 0 aliphatic heterocycles. The lowest BCUT2D eigenvalue weighted by Gasteiger charge is -2.23. The highest BCUT2D eigenvalue weighted by molar-refractivity contribution is 7.11. The maximum Gasteiger partial charge on any atom is 0.0900 e. The largest absolute Gasteiger partial charge is 0.302 e. The number of hydrogen-bond acceptors (Lipinski definition) is 3. The fourth-order valence-corrected chi connectivity index (χ4v) is 3.56. The lowest BCUT2D eigenvalue weighted by atomic mass is 10.0. The van der Waals surface area contributed by atoms with Crippen molar-refractivity contribution in [2.24, 2.45) is 0 Å². The SMILES string of the molecule is CCCC(NC(C)c1nc(C)sc1C)c1ccccc1. The first kappa shape index (κ1) is 15.2. The van der Waals surface area contributed by atoms with Crippen LogP contribution >= 0.6 is 11.3 Å². The summed E-state index contributed by atoms with van der Waals surface area (Å²) in [5, 5.41) is 4.90. The van der Waals surface area contributed by atoms with Crippen LogP contribution in [-0.4, -0.2) is 4.98 Å². The topological polar surface area (TPSA) is 24.9 Å². The first-order chi connectivity index (χ1) is 9.61. The Labute approximate surface area is 126 Å². The van der Waals surface area contributed by atoms with Crippen molar-refractivity contribution in [3.8, 4) is 0 Å². The zero-order valence-corrected chi connectivity index (χ0v) is 13.6. The summed E-state index contributed by atoms with van der Waals surface area (Å²) in [5.74, 6) is 0. The Balaban J connectivity index is 2.14. The second-order valence-electron chi connectivity index (χ2n) is 5.31. The van der Waals surface area contributed by atoms with Crippen molar-refractivity contribution in [2.75, 3.05) is 0 Å².